The molecule has 1 aliphatic rings. The van der Waals surface area contributed by atoms with Gasteiger partial charge in [-0.2, -0.15) is 0 Å². The SMILES string of the molecule is CN(CC(C)(C)CN)C(=O)CNS(=O)(=O)c1ccc2c(c1)COC2. The van der Waals surface area contributed by atoms with Gasteiger partial charge in [-0.15, -0.1) is 0 Å². The summed E-state index contributed by atoms with van der Waals surface area (Å²) in [6.45, 7) is 5.43. The van der Waals surface area contributed by atoms with E-state index in [0.29, 0.717) is 26.3 Å². The summed E-state index contributed by atoms with van der Waals surface area (Å²) in [5.74, 6) is -0.301. The zero-order chi connectivity index (χ0) is 18.0. The van der Waals surface area contributed by atoms with Crippen LogP contribution < -0.4 is 10.5 Å². The minimum absolute atomic E-state index is 0.143. The number of sulfonamides is 1. The second-order valence-corrected chi connectivity index (χ2v) is 8.63. The largest absolute Gasteiger partial charge is 0.372 e. The predicted molar refractivity (Wildman–Crippen MR) is 90.6 cm³/mol. The van der Waals surface area contributed by atoms with Gasteiger partial charge in [0.1, 0.15) is 0 Å². The van der Waals surface area contributed by atoms with Crippen LogP contribution in [0.1, 0.15) is 25.0 Å². The highest BCUT2D eigenvalue weighted by Gasteiger charge is 2.23. The number of nitrogens with zero attached hydrogens (tertiary/aromatic N) is 1. The molecule has 2 rings (SSSR count). The highest BCUT2D eigenvalue weighted by atomic mass is 32.2. The zero-order valence-corrected chi connectivity index (χ0v) is 15.1. The van der Waals surface area contributed by atoms with Crippen LogP contribution >= 0.6 is 0 Å². The lowest BCUT2D eigenvalue weighted by atomic mass is 9.93. The first kappa shape index (κ1) is 18.9. The van der Waals surface area contributed by atoms with Crippen molar-refractivity contribution in [1.29, 1.82) is 0 Å². The molecule has 1 aromatic rings. The molecule has 0 saturated carbocycles. The van der Waals surface area contributed by atoms with E-state index in [0.717, 1.165) is 11.1 Å². The minimum Gasteiger partial charge on any atom is -0.372 e. The quantitative estimate of drug-likeness (QED) is 0.739. The summed E-state index contributed by atoms with van der Waals surface area (Å²) < 4.78 is 32.4. The van der Waals surface area contributed by atoms with Gasteiger partial charge in [-0.25, -0.2) is 13.1 Å². The number of amides is 1. The summed E-state index contributed by atoms with van der Waals surface area (Å²) >= 11 is 0. The van der Waals surface area contributed by atoms with Crippen molar-refractivity contribution < 1.29 is 17.9 Å². The van der Waals surface area contributed by atoms with Crippen molar-refractivity contribution in [2.45, 2.75) is 32.0 Å². The van der Waals surface area contributed by atoms with E-state index in [1.807, 2.05) is 13.8 Å². The Balaban J connectivity index is 1.98. The Morgan fingerprint density at radius 3 is 2.67 bits per heavy atom. The molecule has 1 amide bonds. The normalized spacial score (nSPS) is 14.5. The van der Waals surface area contributed by atoms with Crippen molar-refractivity contribution in [2.75, 3.05) is 26.7 Å². The van der Waals surface area contributed by atoms with E-state index in [4.69, 9.17) is 10.5 Å². The van der Waals surface area contributed by atoms with Gasteiger partial charge in [0, 0.05) is 13.6 Å². The zero-order valence-electron chi connectivity index (χ0n) is 14.3. The Kier molecular flexibility index (Phi) is 5.64. The summed E-state index contributed by atoms with van der Waals surface area (Å²) in [5.41, 5.74) is 7.30. The van der Waals surface area contributed by atoms with Crippen LogP contribution in [-0.2, 0) is 32.8 Å². The predicted octanol–water partition coefficient (Wildman–Crippen LogP) is 0.438. The Labute approximate surface area is 143 Å². The maximum Gasteiger partial charge on any atom is 0.241 e. The van der Waals surface area contributed by atoms with Gasteiger partial charge < -0.3 is 15.4 Å². The number of carbonyl (C=O) groups is 1. The fourth-order valence-electron chi connectivity index (χ4n) is 2.49. The molecule has 1 heterocycles. The average Bonchev–Trinajstić information content (AvgIpc) is 2.99. The van der Waals surface area contributed by atoms with E-state index in [9.17, 15) is 13.2 Å². The Hall–Kier alpha value is -1.48. The van der Waals surface area contributed by atoms with Gasteiger partial charge in [0.2, 0.25) is 15.9 Å². The van der Waals surface area contributed by atoms with Crippen molar-refractivity contribution in [2.24, 2.45) is 11.1 Å². The van der Waals surface area contributed by atoms with Gasteiger partial charge in [-0.1, -0.05) is 19.9 Å². The molecule has 0 fully saturated rings. The molecule has 134 valence electrons. The Morgan fingerprint density at radius 1 is 1.33 bits per heavy atom. The van der Waals surface area contributed by atoms with E-state index in [1.165, 1.54) is 11.0 Å². The lowest BCUT2D eigenvalue weighted by molar-refractivity contribution is -0.129. The fraction of sp³-hybridized carbons (Fsp3) is 0.562. The number of ether oxygens (including phenoxy) is 1. The molecule has 0 radical (unpaired) electrons. The van der Waals surface area contributed by atoms with Gasteiger partial charge >= 0.3 is 0 Å². The fourth-order valence-corrected chi connectivity index (χ4v) is 3.51. The van der Waals surface area contributed by atoms with Crippen LogP contribution in [0, 0.1) is 5.41 Å². The average molecular weight is 355 g/mol. The van der Waals surface area contributed by atoms with Crippen molar-refractivity contribution in [3.63, 3.8) is 0 Å². The highest BCUT2D eigenvalue weighted by molar-refractivity contribution is 7.89. The molecule has 24 heavy (non-hydrogen) atoms. The summed E-state index contributed by atoms with van der Waals surface area (Å²) in [6, 6.07) is 4.87. The van der Waals surface area contributed by atoms with Crippen LogP contribution in [0.25, 0.3) is 0 Å². The summed E-state index contributed by atoms with van der Waals surface area (Å²) in [4.78, 5) is 13.8. The lowest BCUT2D eigenvalue weighted by Crippen LogP contribution is -2.44. The monoisotopic (exact) mass is 355 g/mol. The van der Waals surface area contributed by atoms with Crippen molar-refractivity contribution in [3.05, 3.63) is 29.3 Å². The summed E-state index contributed by atoms with van der Waals surface area (Å²) in [5, 5.41) is 0. The number of rotatable bonds is 7. The third-order valence-electron chi connectivity index (χ3n) is 4.06. The van der Waals surface area contributed by atoms with Gasteiger partial charge in [0.15, 0.2) is 0 Å². The second-order valence-electron chi connectivity index (χ2n) is 6.87. The molecule has 0 aliphatic carbocycles. The van der Waals surface area contributed by atoms with Gasteiger partial charge in [0.25, 0.3) is 0 Å². The number of fused-ring (bicyclic) bond motifs is 1. The van der Waals surface area contributed by atoms with E-state index < -0.39 is 10.0 Å². The molecule has 0 unspecified atom stereocenters. The van der Waals surface area contributed by atoms with Crippen molar-refractivity contribution in [1.82, 2.24) is 9.62 Å². The maximum atomic E-state index is 12.4. The van der Waals surface area contributed by atoms with E-state index in [-0.39, 0.29) is 22.8 Å². The van der Waals surface area contributed by atoms with E-state index in [2.05, 4.69) is 4.72 Å². The standard InChI is InChI=1S/C16H25N3O4S/c1-16(2,10-17)11-19(3)15(20)7-18-24(21,22)14-5-4-12-8-23-9-13(12)6-14/h4-6,18H,7-11,17H2,1-3H3. The summed E-state index contributed by atoms with van der Waals surface area (Å²) in [6.07, 6.45) is 0. The topological polar surface area (TPSA) is 102 Å². The molecule has 0 atom stereocenters. The molecule has 1 aromatic carbocycles. The number of likely N-dealkylation sites (N-methyl/N-ethyl adjacent to an activating group) is 1. The molecule has 8 heteroatoms. The summed E-state index contributed by atoms with van der Waals surface area (Å²) in [7, 11) is -2.10. The number of hydrogen-bond donors (Lipinski definition) is 2. The number of benzene rings is 1. The number of carbonyl (C=O) groups excluding carboxylic acids is 1. The highest BCUT2D eigenvalue weighted by Crippen LogP contribution is 2.23. The van der Waals surface area contributed by atoms with Gasteiger partial charge in [-0.3, -0.25) is 4.79 Å². The number of nitrogens with two attached hydrogens (primary N) is 1. The maximum absolute atomic E-state index is 12.4. The second kappa shape index (κ2) is 7.18. The third-order valence-corrected chi connectivity index (χ3v) is 5.46. The van der Waals surface area contributed by atoms with E-state index in [1.54, 1.807) is 19.2 Å². The first-order chi connectivity index (χ1) is 11.1. The Bertz CT molecular complexity index is 716. The Morgan fingerprint density at radius 2 is 2.00 bits per heavy atom. The first-order valence-electron chi connectivity index (χ1n) is 7.78. The molecule has 1 aliphatic heterocycles. The minimum atomic E-state index is -3.74. The first-order valence-corrected chi connectivity index (χ1v) is 9.26. The molecule has 0 spiro atoms. The van der Waals surface area contributed by atoms with E-state index >= 15 is 0 Å². The molecule has 0 bridgehead atoms. The molecule has 0 aromatic heterocycles. The van der Waals surface area contributed by atoms with Crippen LogP contribution in [0.2, 0.25) is 0 Å². The van der Waals surface area contributed by atoms with Crippen LogP contribution in [-0.4, -0.2) is 45.9 Å². The number of nitrogens with one attached hydrogen (secondary N) is 1. The lowest BCUT2D eigenvalue weighted by Gasteiger charge is -2.29. The molecule has 0 saturated heterocycles. The third kappa shape index (κ3) is 4.54. The van der Waals surface area contributed by atoms with Crippen LogP contribution in [0.5, 0.6) is 0 Å². The molecular formula is C16H25N3O4S. The van der Waals surface area contributed by atoms with Gasteiger partial charge in [-0.05, 0) is 35.2 Å². The van der Waals surface area contributed by atoms with Crippen molar-refractivity contribution in [3.8, 4) is 0 Å². The smallest absolute Gasteiger partial charge is 0.241 e. The van der Waals surface area contributed by atoms with Crippen LogP contribution in [0.15, 0.2) is 23.1 Å². The molecule has 7 nitrogen and oxygen atoms in total. The van der Waals surface area contributed by atoms with Crippen molar-refractivity contribution >= 4 is 15.9 Å². The van der Waals surface area contributed by atoms with Gasteiger partial charge in [0.05, 0.1) is 24.7 Å². The number of hydrogen-bond acceptors (Lipinski definition) is 5. The molecular weight excluding hydrogens is 330 g/mol. The molecule has 3 N–H and O–H groups in total. The van der Waals surface area contributed by atoms with Crippen LogP contribution in [0.4, 0.5) is 0 Å². The van der Waals surface area contributed by atoms with Crippen LogP contribution in [0.3, 0.4) is 0 Å².